The van der Waals surface area contributed by atoms with Crippen LogP contribution >= 0.6 is 0 Å². The van der Waals surface area contributed by atoms with Gasteiger partial charge in [-0.25, -0.2) is 0 Å². The van der Waals surface area contributed by atoms with Crippen LogP contribution in [0.3, 0.4) is 0 Å². The molecule has 98 valence electrons. The third kappa shape index (κ3) is 2.83. The van der Waals surface area contributed by atoms with Gasteiger partial charge in [0.2, 0.25) is 0 Å². The molecule has 1 aliphatic carbocycles. The van der Waals surface area contributed by atoms with E-state index >= 15 is 0 Å². The van der Waals surface area contributed by atoms with Crippen molar-refractivity contribution in [1.82, 2.24) is 15.1 Å². The van der Waals surface area contributed by atoms with Gasteiger partial charge in [-0.05, 0) is 52.6 Å². The van der Waals surface area contributed by atoms with Crippen molar-refractivity contribution in [3.05, 3.63) is 0 Å². The lowest BCUT2D eigenvalue weighted by Gasteiger charge is -2.34. The molecule has 0 aromatic carbocycles. The highest BCUT2D eigenvalue weighted by Gasteiger charge is 2.37. The van der Waals surface area contributed by atoms with Crippen molar-refractivity contribution in [3.63, 3.8) is 0 Å². The summed E-state index contributed by atoms with van der Waals surface area (Å²) in [6, 6.07) is 1.79. The smallest absolute Gasteiger partial charge is 0.0252 e. The van der Waals surface area contributed by atoms with E-state index < -0.39 is 0 Å². The molecule has 17 heavy (non-hydrogen) atoms. The van der Waals surface area contributed by atoms with E-state index in [-0.39, 0.29) is 0 Å². The minimum Gasteiger partial charge on any atom is -0.310 e. The van der Waals surface area contributed by atoms with Gasteiger partial charge in [0.05, 0.1) is 0 Å². The van der Waals surface area contributed by atoms with Crippen LogP contribution in [-0.2, 0) is 0 Å². The number of hydrogen-bond donors (Lipinski definition) is 1. The van der Waals surface area contributed by atoms with E-state index in [0.29, 0.717) is 5.54 Å². The molecule has 2 heterocycles. The molecule has 2 saturated heterocycles. The summed E-state index contributed by atoms with van der Waals surface area (Å²) in [4.78, 5) is 5.48. The Labute approximate surface area is 106 Å². The lowest BCUT2D eigenvalue weighted by molar-refractivity contribution is 0.166. The number of rotatable bonds is 2. The maximum Gasteiger partial charge on any atom is 0.0252 e. The highest BCUT2D eigenvalue weighted by molar-refractivity contribution is 4.95. The summed E-state index contributed by atoms with van der Waals surface area (Å²) in [5, 5.41) is 3.67. The predicted octanol–water partition coefficient (Wildman–Crippen LogP) is 1.30. The Morgan fingerprint density at radius 1 is 1.00 bits per heavy atom. The van der Waals surface area contributed by atoms with Crippen LogP contribution in [0.1, 0.15) is 39.5 Å². The Kier molecular flexibility index (Phi) is 3.18. The molecule has 1 atom stereocenters. The van der Waals surface area contributed by atoms with Gasteiger partial charge >= 0.3 is 0 Å². The molecule has 0 spiro atoms. The highest BCUT2D eigenvalue weighted by Crippen LogP contribution is 2.31. The molecule has 3 heteroatoms. The van der Waals surface area contributed by atoms with Gasteiger partial charge in [0.15, 0.2) is 0 Å². The number of nitrogens with one attached hydrogen (secondary N) is 1. The third-order valence-corrected chi connectivity index (χ3v) is 4.60. The first-order valence-electron chi connectivity index (χ1n) is 7.37. The Morgan fingerprint density at radius 3 is 2.59 bits per heavy atom. The second-order valence-corrected chi connectivity index (χ2v) is 6.80. The van der Waals surface area contributed by atoms with Crippen LogP contribution in [0.25, 0.3) is 0 Å². The zero-order valence-corrected chi connectivity index (χ0v) is 11.4. The maximum atomic E-state index is 3.67. The molecule has 1 N–H and O–H groups in total. The Hall–Kier alpha value is -0.120. The molecular weight excluding hydrogens is 210 g/mol. The fourth-order valence-electron chi connectivity index (χ4n) is 3.50. The van der Waals surface area contributed by atoms with Gasteiger partial charge in [-0.2, -0.15) is 0 Å². The van der Waals surface area contributed by atoms with Crippen molar-refractivity contribution >= 4 is 0 Å². The van der Waals surface area contributed by atoms with Crippen LogP contribution in [0.15, 0.2) is 0 Å². The van der Waals surface area contributed by atoms with E-state index in [1.165, 1.54) is 58.4 Å². The molecule has 3 aliphatic rings. The molecule has 1 saturated carbocycles. The molecule has 1 unspecified atom stereocenters. The van der Waals surface area contributed by atoms with Crippen molar-refractivity contribution in [1.29, 1.82) is 0 Å². The quantitative estimate of drug-likeness (QED) is 0.781. The number of nitrogens with zero attached hydrogens (tertiary/aromatic N) is 2. The fraction of sp³-hybridized carbons (Fsp3) is 1.00. The average Bonchev–Trinajstić information content (AvgIpc) is 3.04. The lowest BCUT2D eigenvalue weighted by Crippen LogP contribution is -2.49. The molecule has 3 rings (SSSR count). The second kappa shape index (κ2) is 4.52. The first-order valence-corrected chi connectivity index (χ1v) is 7.37. The summed E-state index contributed by atoms with van der Waals surface area (Å²) in [7, 11) is 0. The van der Waals surface area contributed by atoms with Crippen molar-refractivity contribution < 1.29 is 0 Å². The summed E-state index contributed by atoms with van der Waals surface area (Å²) in [5.74, 6) is 0. The average molecular weight is 237 g/mol. The van der Waals surface area contributed by atoms with Gasteiger partial charge in [0, 0.05) is 37.3 Å². The van der Waals surface area contributed by atoms with Crippen LogP contribution in [0.2, 0.25) is 0 Å². The van der Waals surface area contributed by atoms with E-state index in [0.717, 1.165) is 12.1 Å². The molecule has 3 fully saturated rings. The minimum atomic E-state index is 0.295. The summed E-state index contributed by atoms with van der Waals surface area (Å²) >= 11 is 0. The van der Waals surface area contributed by atoms with E-state index in [1.807, 2.05) is 0 Å². The van der Waals surface area contributed by atoms with Crippen LogP contribution in [-0.4, -0.2) is 60.1 Å². The zero-order chi connectivity index (χ0) is 11.9. The van der Waals surface area contributed by atoms with Gasteiger partial charge in [-0.1, -0.05) is 0 Å². The summed E-state index contributed by atoms with van der Waals surface area (Å²) in [6.07, 6.45) is 5.62. The predicted molar refractivity (Wildman–Crippen MR) is 71.3 cm³/mol. The summed E-state index contributed by atoms with van der Waals surface area (Å²) < 4.78 is 0. The van der Waals surface area contributed by atoms with Crippen LogP contribution in [0, 0.1) is 0 Å². The fourth-order valence-corrected chi connectivity index (χ4v) is 3.50. The third-order valence-electron chi connectivity index (χ3n) is 4.60. The number of likely N-dealkylation sites (tertiary alicyclic amines) is 1. The monoisotopic (exact) mass is 237 g/mol. The number of hydrogen-bond acceptors (Lipinski definition) is 3. The molecule has 0 aromatic rings. The molecule has 0 radical (unpaired) electrons. The van der Waals surface area contributed by atoms with Crippen molar-refractivity contribution in [3.8, 4) is 0 Å². The molecule has 3 nitrogen and oxygen atoms in total. The molecule has 0 amide bonds. The second-order valence-electron chi connectivity index (χ2n) is 6.80. The Morgan fingerprint density at radius 2 is 1.82 bits per heavy atom. The maximum absolute atomic E-state index is 3.67. The van der Waals surface area contributed by atoms with Gasteiger partial charge in [0.25, 0.3) is 0 Å². The van der Waals surface area contributed by atoms with Crippen molar-refractivity contribution in [2.24, 2.45) is 0 Å². The van der Waals surface area contributed by atoms with E-state index in [9.17, 15) is 0 Å². The standard InChI is InChI=1S/C14H27N3/c1-14(2)11-17(8-3-7-15-14)13-6-9-16(10-13)12-4-5-12/h12-13,15H,3-11H2,1-2H3. The molecule has 0 bridgehead atoms. The van der Waals surface area contributed by atoms with Crippen LogP contribution in [0.5, 0.6) is 0 Å². The van der Waals surface area contributed by atoms with E-state index in [2.05, 4.69) is 29.0 Å². The molecule has 0 aromatic heterocycles. The largest absolute Gasteiger partial charge is 0.310 e. The topological polar surface area (TPSA) is 18.5 Å². The van der Waals surface area contributed by atoms with Gasteiger partial charge < -0.3 is 5.32 Å². The Bertz CT molecular complexity index is 273. The minimum absolute atomic E-state index is 0.295. The van der Waals surface area contributed by atoms with Crippen molar-refractivity contribution in [2.75, 3.05) is 32.7 Å². The van der Waals surface area contributed by atoms with E-state index in [1.54, 1.807) is 0 Å². The van der Waals surface area contributed by atoms with Gasteiger partial charge in [-0.3, -0.25) is 9.80 Å². The SMILES string of the molecule is CC1(C)CN(C2CCN(C3CC3)C2)CCCN1. The Balaban J connectivity index is 1.59. The van der Waals surface area contributed by atoms with Gasteiger partial charge in [-0.15, -0.1) is 0 Å². The summed E-state index contributed by atoms with van der Waals surface area (Å²) in [6.45, 7) is 11.1. The van der Waals surface area contributed by atoms with Crippen LogP contribution in [0.4, 0.5) is 0 Å². The van der Waals surface area contributed by atoms with Gasteiger partial charge in [0.1, 0.15) is 0 Å². The first-order chi connectivity index (χ1) is 8.14. The zero-order valence-electron chi connectivity index (χ0n) is 11.4. The first kappa shape index (κ1) is 11.9. The molecule has 2 aliphatic heterocycles. The normalized spacial score (nSPS) is 36.0. The molecular formula is C14H27N3. The highest BCUT2D eigenvalue weighted by atomic mass is 15.3. The van der Waals surface area contributed by atoms with Crippen molar-refractivity contribution in [2.45, 2.75) is 57.2 Å². The lowest BCUT2D eigenvalue weighted by atomic mass is 10.0. The summed E-state index contributed by atoms with van der Waals surface area (Å²) in [5.41, 5.74) is 0.295. The van der Waals surface area contributed by atoms with E-state index in [4.69, 9.17) is 0 Å². The van der Waals surface area contributed by atoms with Crippen LogP contribution < -0.4 is 5.32 Å².